The molecule has 92 valence electrons. The summed E-state index contributed by atoms with van der Waals surface area (Å²) in [5.41, 5.74) is 1.88. The van der Waals surface area contributed by atoms with Crippen LogP contribution in [0, 0.1) is 6.92 Å². The normalized spacial score (nSPS) is 10.1. The Labute approximate surface area is 105 Å². The first-order valence-corrected chi connectivity index (χ1v) is 5.47. The predicted molar refractivity (Wildman–Crippen MR) is 68.9 cm³/mol. The minimum absolute atomic E-state index is 0.219. The number of hydrogen-bond donors (Lipinski definition) is 3. The number of phenols is 2. The van der Waals surface area contributed by atoms with Gasteiger partial charge in [0.25, 0.3) is 5.91 Å². The van der Waals surface area contributed by atoms with Gasteiger partial charge in [0.05, 0.1) is 0 Å². The van der Waals surface area contributed by atoms with Gasteiger partial charge in [-0.05, 0) is 30.7 Å². The lowest BCUT2D eigenvalue weighted by molar-refractivity contribution is 0.102. The molecule has 0 spiro atoms. The number of carbonyl (C=O) groups is 1. The number of nitrogens with one attached hydrogen (secondary N) is 1. The van der Waals surface area contributed by atoms with Gasteiger partial charge < -0.3 is 15.5 Å². The van der Waals surface area contributed by atoms with Crippen LogP contribution in [0.5, 0.6) is 11.5 Å². The molecule has 18 heavy (non-hydrogen) atoms. The fraction of sp³-hybridized carbons (Fsp3) is 0.0714. The summed E-state index contributed by atoms with van der Waals surface area (Å²) >= 11 is 0. The monoisotopic (exact) mass is 243 g/mol. The SMILES string of the molecule is Cc1ccccc1C(=O)Nc1ccc(O)c(O)c1. The highest BCUT2D eigenvalue weighted by Crippen LogP contribution is 2.27. The summed E-state index contributed by atoms with van der Waals surface area (Å²) in [5.74, 6) is -0.736. The summed E-state index contributed by atoms with van der Waals surface area (Å²) < 4.78 is 0. The van der Waals surface area contributed by atoms with E-state index in [0.717, 1.165) is 5.56 Å². The summed E-state index contributed by atoms with van der Waals surface area (Å²) in [6.45, 7) is 1.85. The van der Waals surface area contributed by atoms with E-state index in [9.17, 15) is 15.0 Å². The van der Waals surface area contributed by atoms with E-state index in [1.165, 1.54) is 18.2 Å². The van der Waals surface area contributed by atoms with Crippen LogP contribution < -0.4 is 5.32 Å². The van der Waals surface area contributed by atoms with Gasteiger partial charge in [0.2, 0.25) is 0 Å². The van der Waals surface area contributed by atoms with Gasteiger partial charge in [-0.2, -0.15) is 0 Å². The van der Waals surface area contributed by atoms with Gasteiger partial charge in [0, 0.05) is 17.3 Å². The Bertz CT molecular complexity index is 593. The third kappa shape index (κ3) is 2.43. The van der Waals surface area contributed by atoms with Gasteiger partial charge in [-0.15, -0.1) is 0 Å². The number of carbonyl (C=O) groups excluding carboxylic acids is 1. The maximum Gasteiger partial charge on any atom is 0.255 e. The minimum atomic E-state index is -0.266. The summed E-state index contributed by atoms with van der Waals surface area (Å²) in [4.78, 5) is 12.0. The number of amides is 1. The molecule has 0 unspecified atom stereocenters. The van der Waals surface area contributed by atoms with Gasteiger partial charge in [0.15, 0.2) is 11.5 Å². The van der Waals surface area contributed by atoms with Crippen LogP contribution in [0.4, 0.5) is 5.69 Å². The van der Waals surface area contributed by atoms with Gasteiger partial charge in [0.1, 0.15) is 0 Å². The highest BCUT2D eigenvalue weighted by atomic mass is 16.3. The van der Waals surface area contributed by atoms with E-state index < -0.39 is 0 Å². The van der Waals surface area contributed by atoms with E-state index in [0.29, 0.717) is 11.3 Å². The van der Waals surface area contributed by atoms with Crippen molar-refractivity contribution in [2.24, 2.45) is 0 Å². The van der Waals surface area contributed by atoms with E-state index in [1.807, 2.05) is 19.1 Å². The van der Waals surface area contributed by atoms with E-state index in [2.05, 4.69) is 5.32 Å². The van der Waals surface area contributed by atoms with Crippen LogP contribution in [-0.4, -0.2) is 16.1 Å². The van der Waals surface area contributed by atoms with Crippen molar-refractivity contribution in [1.29, 1.82) is 0 Å². The molecular weight excluding hydrogens is 230 g/mol. The molecule has 0 radical (unpaired) electrons. The molecule has 0 saturated carbocycles. The molecule has 0 heterocycles. The summed E-state index contributed by atoms with van der Waals surface area (Å²) in [6.07, 6.45) is 0. The van der Waals surface area contributed by atoms with E-state index in [1.54, 1.807) is 12.1 Å². The Morgan fingerprint density at radius 2 is 1.78 bits per heavy atom. The summed E-state index contributed by atoms with van der Waals surface area (Å²) in [6, 6.07) is 11.4. The van der Waals surface area contributed by atoms with Crippen LogP contribution in [0.3, 0.4) is 0 Å². The summed E-state index contributed by atoms with van der Waals surface area (Å²) in [5, 5.41) is 21.2. The van der Waals surface area contributed by atoms with Crippen LogP contribution in [0.1, 0.15) is 15.9 Å². The number of phenolic OH excluding ortho intramolecular Hbond substituents is 2. The van der Waals surface area contributed by atoms with E-state index in [-0.39, 0.29) is 17.4 Å². The Hall–Kier alpha value is -2.49. The van der Waals surface area contributed by atoms with Crippen LogP contribution in [0.25, 0.3) is 0 Å². The molecule has 0 fully saturated rings. The summed E-state index contributed by atoms with van der Waals surface area (Å²) in [7, 11) is 0. The molecule has 2 aromatic rings. The number of anilines is 1. The van der Waals surface area contributed by atoms with Crippen molar-refractivity contribution >= 4 is 11.6 Å². The number of aryl methyl sites for hydroxylation is 1. The zero-order valence-corrected chi connectivity index (χ0v) is 9.84. The lowest BCUT2D eigenvalue weighted by atomic mass is 10.1. The molecule has 3 N–H and O–H groups in total. The van der Waals surface area contributed by atoms with Gasteiger partial charge >= 0.3 is 0 Å². The fourth-order valence-electron chi connectivity index (χ4n) is 1.63. The smallest absolute Gasteiger partial charge is 0.255 e. The third-order valence-corrected chi connectivity index (χ3v) is 2.62. The molecule has 0 atom stereocenters. The number of hydrogen-bond acceptors (Lipinski definition) is 3. The maximum absolute atomic E-state index is 12.0. The lowest BCUT2D eigenvalue weighted by Gasteiger charge is -2.08. The first kappa shape index (κ1) is 12.0. The molecule has 2 rings (SSSR count). The van der Waals surface area contributed by atoms with E-state index in [4.69, 9.17) is 0 Å². The van der Waals surface area contributed by atoms with Crippen molar-refractivity contribution < 1.29 is 15.0 Å². The zero-order chi connectivity index (χ0) is 13.1. The van der Waals surface area contributed by atoms with Crippen molar-refractivity contribution in [3.05, 3.63) is 53.6 Å². The first-order valence-electron chi connectivity index (χ1n) is 5.47. The van der Waals surface area contributed by atoms with Crippen molar-refractivity contribution in [3.63, 3.8) is 0 Å². The highest BCUT2D eigenvalue weighted by Gasteiger charge is 2.09. The standard InChI is InChI=1S/C14H13NO3/c1-9-4-2-3-5-11(9)14(18)15-10-6-7-12(16)13(17)8-10/h2-8,16-17H,1H3,(H,15,18). The topological polar surface area (TPSA) is 69.6 Å². The Morgan fingerprint density at radius 1 is 1.06 bits per heavy atom. The van der Waals surface area contributed by atoms with E-state index >= 15 is 0 Å². The molecule has 4 heteroatoms. The molecule has 0 bridgehead atoms. The minimum Gasteiger partial charge on any atom is -0.504 e. The number of benzene rings is 2. The van der Waals surface area contributed by atoms with Crippen molar-refractivity contribution in [2.45, 2.75) is 6.92 Å². The molecule has 4 nitrogen and oxygen atoms in total. The van der Waals surface area contributed by atoms with Crippen LogP contribution in [0.15, 0.2) is 42.5 Å². The van der Waals surface area contributed by atoms with Crippen molar-refractivity contribution in [3.8, 4) is 11.5 Å². The van der Waals surface area contributed by atoms with Crippen LogP contribution >= 0.6 is 0 Å². The van der Waals surface area contributed by atoms with Gasteiger partial charge in [-0.1, -0.05) is 18.2 Å². The first-order chi connectivity index (χ1) is 8.58. The Morgan fingerprint density at radius 3 is 2.44 bits per heavy atom. The molecule has 2 aromatic carbocycles. The average molecular weight is 243 g/mol. The zero-order valence-electron chi connectivity index (χ0n) is 9.84. The van der Waals surface area contributed by atoms with Crippen LogP contribution in [-0.2, 0) is 0 Å². The Kier molecular flexibility index (Phi) is 3.19. The highest BCUT2D eigenvalue weighted by molar-refractivity contribution is 6.05. The average Bonchev–Trinajstić information content (AvgIpc) is 2.34. The lowest BCUT2D eigenvalue weighted by Crippen LogP contribution is -2.13. The molecule has 0 aliphatic carbocycles. The van der Waals surface area contributed by atoms with Crippen LogP contribution in [0.2, 0.25) is 0 Å². The molecular formula is C14H13NO3. The molecule has 0 aromatic heterocycles. The number of aromatic hydroxyl groups is 2. The number of rotatable bonds is 2. The predicted octanol–water partition coefficient (Wildman–Crippen LogP) is 2.66. The molecule has 1 amide bonds. The fourth-order valence-corrected chi connectivity index (χ4v) is 1.63. The quantitative estimate of drug-likeness (QED) is 0.561. The second-order valence-corrected chi connectivity index (χ2v) is 3.97. The van der Waals surface area contributed by atoms with Gasteiger partial charge in [-0.25, -0.2) is 0 Å². The van der Waals surface area contributed by atoms with Crippen molar-refractivity contribution in [1.82, 2.24) is 0 Å². The Balaban J connectivity index is 2.22. The third-order valence-electron chi connectivity index (χ3n) is 2.62. The molecule has 0 aliphatic heterocycles. The molecule has 0 aliphatic rings. The largest absolute Gasteiger partial charge is 0.504 e. The van der Waals surface area contributed by atoms with Crippen molar-refractivity contribution in [2.75, 3.05) is 5.32 Å². The second kappa shape index (κ2) is 4.79. The second-order valence-electron chi connectivity index (χ2n) is 3.97. The maximum atomic E-state index is 12.0. The van der Waals surface area contributed by atoms with Gasteiger partial charge in [-0.3, -0.25) is 4.79 Å². The molecule has 0 saturated heterocycles.